The molecule has 2 rings (SSSR count). The molecule has 0 amide bonds. The number of fused-ring (bicyclic) bond motifs is 1. The average molecular weight is 269 g/mol. The summed E-state index contributed by atoms with van der Waals surface area (Å²) in [7, 11) is 1.41. The number of esters is 1. The Kier molecular flexibility index (Phi) is 3.10. The largest absolute Gasteiger partial charge is 0.465 e. The fourth-order valence-corrected chi connectivity index (χ4v) is 2.75. The van der Waals surface area contributed by atoms with E-state index in [1.165, 1.54) is 31.1 Å². The van der Waals surface area contributed by atoms with Gasteiger partial charge in [0.25, 0.3) is 0 Å². The van der Waals surface area contributed by atoms with Crippen LogP contribution in [0, 0.1) is 0 Å². The monoisotopic (exact) mass is 268 g/mol. The van der Waals surface area contributed by atoms with Gasteiger partial charge in [-0.2, -0.15) is 0 Å². The topological polar surface area (TPSA) is 26.3 Å². The summed E-state index contributed by atoms with van der Waals surface area (Å²) in [6, 6.07) is 3.82. The van der Waals surface area contributed by atoms with Crippen molar-refractivity contribution in [2.75, 3.05) is 7.11 Å². The van der Waals surface area contributed by atoms with Crippen LogP contribution in [-0.2, 0) is 17.6 Å². The predicted octanol–water partition coefficient (Wildman–Crippen LogP) is 3.11. The molecule has 1 aliphatic carbocycles. The summed E-state index contributed by atoms with van der Waals surface area (Å²) in [5.41, 5.74) is 3.29. The van der Waals surface area contributed by atoms with Crippen LogP contribution < -0.4 is 0 Å². The zero-order valence-corrected chi connectivity index (χ0v) is 10.3. The molecule has 0 unspecified atom stereocenters. The van der Waals surface area contributed by atoms with Gasteiger partial charge in [0.05, 0.1) is 12.7 Å². The first kappa shape index (κ1) is 10.7. The first-order valence-corrected chi connectivity index (χ1v) is 5.91. The molecular formula is C12H13BrO2. The summed E-state index contributed by atoms with van der Waals surface area (Å²) < 4.78 is 5.76. The Morgan fingerprint density at radius 1 is 1.33 bits per heavy atom. The molecule has 1 aliphatic rings. The molecule has 15 heavy (non-hydrogen) atoms. The van der Waals surface area contributed by atoms with E-state index in [1.54, 1.807) is 0 Å². The van der Waals surface area contributed by atoms with Crippen LogP contribution in [0.4, 0.5) is 0 Å². The quantitative estimate of drug-likeness (QED) is 0.732. The van der Waals surface area contributed by atoms with Gasteiger partial charge in [-0.3, -0.25) is 0 Å². The molecule has 0 saturated carbocycles. The van der Waals surface area contributed by atoms with Crippen LogP contribution in [0.3, 0.4) is 0 Å². The average Bonchev–Trinajstić information content (AvgIpc) is 2.28. The maximum Gasteiger partial charge on any atom is 0.337 e. The van der Waals surface area contributed by atoms with Crippen molar-refractivity contribution in [2.45, 2.75) is 25.7 Å². The van der Waals surface area contributed by atoms with Crippen LogP contribution in [0.5, 0.6) is 0 Å². The van der Waals surface area contributed by atoms with Crippen molar-refractivity contribution in [3.8, 4) is 0 Å². The van der Waals surface area contributed by atoms with Gasteiger partial charge in [-0.1, -0.05) is 15.9 Å². The second kappa shape index (κ2) is 4.35. The van der Waals surface area contributed by atoms with Crippen LogP contribution in [-0.4, -0.2) is 13.1 Å². The van der Waals surface area contributed by atoms with E-state index in [0.29, 0.717) is 5.56 Å². The van der Waals surface area contributed by atoms with E-state index in [9.17, 15) is 4.79 Å². The van der Waals surface area contributed by atoms with Crippen molar-refractivity contribution in [3.05, 3.63) is 33.3 Å². The number of carbonyl (C=O) groups is 1. The van der Waals surface area contributed by atoms with Crippen molar-refractivity contribution in [3.63, 3.8) is 0 Å². The van der Waals surface area contributed by atoms with Gasteiger partial charge in [0.1, 0.15) is 0 Å². The van der Waals surface area contributed by atoms with E-state index in [1.807, 2.05) is 12.1 Å². The maximum atomic E-state index is 11.4. The lowest BCUT2D eigenvalue weighted by atomic mass is 9.90. The summed E-state index contributed by atoms with van der Waals surface area (Å²) >= 11 is 3.52. The maximum absolute atomic E-state index is 11.4. The standard InChI is InChI=1S/C12H13BrO2/c1-15-12(14)9-6-8-4-2-3-5-10(8)11(13)7-9/h6-7H,2-5H2,1H3. The fraction of sp³-hybridized carbons (Fsp3) is 0.417. The second-order valence-corrected chi connectivity index (χ2v) is 4.65. The molecule has 0 heterocycles. The lowest BCUT2D eigenvalue weighted by molar-refractivity contribution is 0.0600. The van der Waals surface area contributed by atoms with Crippen LogP contribution in [0.1, 0.15) is 34.3 Å². The molecule has 80 valence electrons. The number of rotatable bonds is 1. The van der Waals surface area contributed by atoms with Crippen LogP contribution in [0.2, 0.25) is 0 Å². The number of aryl methyl sites for hydroxylation is 1. The third kappa shape index (κ3) is 2.07. The molecule has 1 aromatic carbocycles. The number of carbonyl (C=O) groups excluding carboxylic acids is 1. The van der Waals surface area contributed by atoms with Gasteiger partial charge in [0, 0.05) is 4.47 Å². The van der Waals surface area contributed by atoms with E-state index < -0.39 is 0 Å². The molecule has 0 fully saturated rings. The molecule has 3 heteroatoms. The highest BCUT2D eigenvalue weighted by atomic mass is 79.9. The van der Waals surface area contributed by atoms with Crippen molar-refractivity contribution in [1.82, 2.24) is 0 Å². The van der Waals surface area contributed by atoms with Gasteiger partial charge in [-0.05, 0) is 48.9 Å². The Bertz CT molecular complexity index is 399. The smallest absolute Gasteiger partial charge is 0.337 e. The van der Waals surface area contributed by atoms with Gasteiger partial charge in [0.15, 0.2) is 0 Å². The van der Waals surface area contributed by atoms with E-state index in [-0.39, 0.29) is 5.97 Å². The minimum atomic E-state index is -0.260. The number of hydrogen-bond acceptors (Lipinski definition) is 2. The Balaban J connectivity index is 2.45. The van der Waals surface area contributed by atoms with Gasteiger partial charge >= 0.3 is 5.97 Å². The highest BCUT2D eigenvalue weighted by Crippen LogP contribution is 2.29. The number of ether oxygens (including phenoxy) is 1. The molecule has 0 N–H and O–H groups in total. The molecule has 0 aliphatic heterocycles. The van der Waals surface area contributed by atoms with E-state index in [0.717, 1.165) is 17.3 Å². The molecule has 1 aromatic rings. The first-order chi connectivity index (χ1) is 7.22. The number of halogens is 1. The Hall–Kier alpha value is -0.830. The molecule has 2 nitrogen and oxygen atoms in total. The lowest BCUT2D eigenvalue weighted by Gasteiger charge is -2.18. The lowest BCUT2D eigenvalue weighted by Crippen LogP contribution is -2.08. The molecule has 0 saturated heterocycles. The zero-order chi connectivity index (χ0) is 10.8. The van der Waals surface area contributed by atoms with E-state index in [4.69, 9.17) is 4.74 Å². The first-order valence-electron chi connectivity index (χ1n) is 5.12. The molecule has 0 radical (unpaired) electrons. The van der Waals surface area contributed by atoms with Crippen molar-refractivity contribution in [2.24, 2.45) is 0 Å². The fourth-order valence-electron chi connectivity index (χ4n) is 2.05. The van der Waals surface area contributed by atoms with E-state index in [2.05, 4.69) is 15.9 Å². The van der Waals surface area contributed by atoms with Crippen molar-refractivity contribution < 1.29 is 9.53 Å². The van der Waals surface area contributed by atoms with E-state index >= 15 is 0 Å². The normalized spacial score (nSPS) is 14.5. The van der Waals surface area contributed by atoms with Crippen LogP contribution >= 0.6 is 15.9 Å². The van der Waals surface area contributed by atoms with Crippen molar-refractivity contribution >= 4 is 21.9 Å². The van der Waals surface area contributed by atoms with Gasteiger partial charge < -0.3 is 4.74 Å². The Labute approximate surface area is 97.8 Å². The summed E-state index contributed by atoms with van der Waals surface area (Å²) in [4.78, 5) is 11.4. The van der Waals surface area contributed by atoms with Crippen molar-refractivity contribution in [1.29, 1.82) is 0 Å². The van der Waals surface area contributed by atoms with Gasteiger partial charge in [-0.15, -0.1) is 0 Å². The number of benzene rings is 1. The van der Waals surface area contributed by atoms with Gasteiger partial charge in [0.2, 0.25) is 0 Å². The highest BCUT2D eigenvalue weighted by Gasteiger charge is 2.16. The Morgan fingerprint density at radius 3 is 2.80 bits per heavy atom. The minimum absolute atomic E-state index is 0.260. The third-order valence-electron chi connectivity index (χ3n) is 2.83. The SMILES string of the molecule is COC(=O)c1cc(Br)c2c(c1)CCCC2. The minimum Gasteiger partial charge on any atom is -0.465 e. The molecule has 0 bridgehead atoms. The summed E-state index contributed by atoms with van der Waals surface area (Å²) in [6.45, 7) is 0. The van der Waals surface area contributed by atoms with Gasteiger partial charge in [-0.25, -0.2) is 4.79 Å². The predicted molar refractivity (Wildman–Crippen MR) is 62.1 cm³/mol. The van der Waals surface area contributed by atoms with Crippen LogP contribution in [0.25, 0.3) is 0 Å². The second-order valence-electron chi connectivity index (χ2n) is 3.79. The highest BCUT2D eigenvalue weighted by molar-refractivity contribution is 9.10. The molecule has 0 atom stereocenters. The van der Waals surface area contributed by atoms with Crippen LogP contribution in [0.15, 0.2) is 16.6 Å². The Morgan fingerprint density at radius 2 is 2.07 bits per heavy atom. The summed E-state index contributed by atoms with van der Waals surface area (Å²) in [5.74, 6) is -0.260. The number of methoxy groups -OCH3 is 1. The number of hydrogen-bond donors (Lipinski definition) is 0. The third-order valence-corrected chi connectivity index (χ3v) is 3.54. The summed E-state index contributed by atoms with van der Waals surface area (Å²) in [5, 5.41) is 0. The zero-order valence-electron chi connectivity index (χ0n) is 8.68. The molecule has 0 aromatic heterocycles. The molecular weight excluding hydrogens is 256 g/mol. The summed E-state index contributed by atoms with van der Waals surface area (Å²) in [6.07, 6.45) is 4.63. The molecule has 0 spiro atoms.